The highest BCUT2D eigenvalue weighted by molar-refractivity contribution is 6.74. The Morgan fingerprint density at radius 1 is 1.25 bits per heavy atom. The van der Waals surface area contributed by atoms with E-state index < -0.39 is 14.4 Å². The minimum absolute atomic E-state index is 0.0653. The van der Waals surface area contributed by atoms with Crippen LogP contribution in [0.2, 0.25) is 18.1 Å². The fraction of sp³-hybridized carbons (Fsp3) is 0.571. The standard InChI is InChI=1S/C21H34ClNO4Si/c1-21(2,3)28(5,6)27-15-18(19(13-10-14-22)26-16-25-4)23-20(24)17-11-8-7-9-12-17/h7-13,18-19H,14-16H2,1-6H3,(H,23,24)/b13-10+/t18-,19+/m0/s1. The molecule has 0 bridgehead atoms. The van der Waals surface area contributed by atoms with Crippen molar-refractivity contribution in [2.45, 2.75) is 51.0 Å². The van der Waals surface area contributed by atoms with Gasteiger partial charge in [0.05, 0.1) is 12.6 Å². The SMILES string of the molecule is COCO[C@H](/C=C/CCl)[C@H](CO[Si](C)(C)C(C)(C)C)NC(=O)c1ccccc1. The molecule has 0 aliphatic heterocycles. The van der Waals surface area contributed by atoms with Crippen molar-refractivity contribution in [3.05, 3.63) is 48.0 Å². The number of hydrogen-bond acceptors (Lipinski definition) is 4. The Morgan fingerprint density at radius 3 is 2.43 bits per heavy atom. The third-order valence-electron chi connectivity index (χ3n) is 4.97. The lowest BCUT2D eigenvalue weighted by Gasteiger charge is -2.38. The Kier molecular flexibility index (Phi) is 10.4. The lowest BCUT2D eigenvalue weighted by molar-refractivity contribution is -0.0692. The summed E-state index contributed by atoms with van der Waals surface area (Å²) < 4.78 is 17.2. The topological polar surface area (TPSA) is 56.8 Å². The number of carbonyl (C=O) groups excluding carboxylic acids is 1. The Morgan fingerprint density at radius 2 is 1.89 bits per heavy atom. The fourth-order valence-electron chi connectivity index (χ4n) is 2.21. The monoisotopic (exact) mass is 427 g/mol. The Labute approximate surface area is 175 Å². The first-order valence-electron chi connectivity index (χ1n) is 9.45. The molecule has 0 fully saturated rings. The van der Waals surface area contributed by atoms with Gasteiger partial charge < -0.3 is 19.2 Å². The van der Waals surface area contributed by atoms with Gasteiger partial charge in [0.15, 0.2) is 8.32 Å². The number of halogens is 1. The molecule has 0 aromatic heterocycles. The maximum absolute atomic E-state index is 12.7. The number of carbonyl (C=O) groups is 1. The lowest BCUT2D eigenvalue weighted by Crippen LogP contribution is -2.51. The highest BCUT2D eigenvalue weighted by Crippen LogP contribution is 2.36. The van der Waals surface area contributed by atoms with Crippen molar-refractivity contribution in [2.75, 3.05) is 26.4 Å². The van der Waals surface area contributed by atoms with E-state index in [1.807, 2.05) is 24.3 Å². The Hall–Kier alpha value is -1.18. The Bertz CT molecular complexity index is 617. The van der Waals surface area contributed by atoms with Crippen LogP contribution in [0.25, 0.3) is 0 Å². The van der Waals surface area contributed by atoms with Gasteiger partial charge in [-0.2, -0.15) is 0 Å². The molecule has 0 radical (unpaired) electrons. The molecule has 0 saturated heterocycles. The molecule has 1 amide bonds. The zero-order valence-electron chi connectivity index (χ0n) is 17.8. The predicted molar refractivity (Wildman–Crippen MR) is 117 cm³/mol. The van der Waals surface area contributed by atoms with E-state index in [-0.39, 0.29) is 23.8 Å². The number of nitrogens with one attached hydrogen (secondary N) is 1. The highest BCUT2D eigenvalue weighted by atomic mass is 35.5. The largest absolute Gasteiger partial charge is 0.415 e. The maximum atomic E-state index is 12.7. The molecular formula is C21H34ClNO4Si. The number of rotatable bonds is 11. The van der Waals surface area contributed by atoms with Crippen LogP contribution in [0.5, 0.6) is 0 Å². The second kappa shape index (κ2) is 11.7. The third-order valence-corrected chi connectivity index (χ3v) is 9.65. The van der Waals surface area contributed by atoms with Crippen molar-refractivity contribution in [3.8, 4) is 0 Å². The molecule has 0 saturated carbocycles. The normalized spacial score (nSPS) is 14.8. The van der Waals surface area contributed by atoms with Gasteiger partial charge in [-0.3, -0.25) is 4.79 Å². The molecule has 5 nitrogen and oxygen atoms in total. The predicted octanol–water partition coefficient (Wildman–Crippen LogP) is 4.59. The number of hydrogen-bond donors (Lipinski definition) is 1. The van der Waals surface area contributed by atoms with Crippen molar-refractivity contribution in [1.29, 1.82) is 0 Å². The summed E-state index contributed by atoms with van der Waals surface area (Å²) in [5.74, 6) is 0.185. The first kappa shape index (κ1) is 24.9. The molecule has 1 aromatic carbocycles. The lowest BCUT2D eigenvalue weighted by atomic mass is 10.1. The molecule has 1 rings (SSSR count). The smallest absolute Gasteiger partial charge is 0.251 e. The van der Waals surface area contributed by atoms with Crippen LogP contribution in [0.4, 0.5) is 0 Å². The van der Waals surface area contributed by atoms with Gasteiger partial charge in [0.25, 0.3) is 5.91 Å². The minimum atomic E-state index is -1.99. The second-order valence-electron chi connectivity index (χ2n) is 8.14. The molecular weight excluding hydrogens is 394 g/mol. The number of ether oxygens (including phenoxy) is 2. The van der Waals surface area contributed by atoms with E-state index in [4.69, 9.17) is 25.5 Å². The molecule has 0 spiro atoms. The molecule has 28 heavy (non-hydrogen) atoms. The number of alkyl halides is 1. The number of benzene rings is 1. The van der Waals surface area contributed by atoms with Gasteiger partial charge in [0.2, 0.25) is 0 Å². The van der Waals surface area contributed by atoms with Crippen molar-refractivity contribution in [2.24, 2.45) is 0 Å². The maximum Gasteiger partial charge on any atom is 0.251 e. The van der Waals surface area contributed by atoms with Crippen molar-refractivity contribution in [3.63, 3.8) is 0 Å². The molecule has 1 N–H and O–H groups in total. The van der Waals surface area contributed by atoms with E-state index in [9.17, 15) is 4.79 Å². The van der Waals surface area contributed by atoms with Gasteiger partial charge >= 0.3 is 0 Å². The number of allylic oxidation sites excluding steroid dienone is 1. The minimum Gasteiger partial charge on any atom is -0.415 e. The van der Waals surface area contributed by atoms with E-state index in [0.717, 1.165) is 0 Å². The highest BCUT2D eigenvalue weighted by Gasteiger charge is 2.38. The molecule has 1 aromatic rings. The van der Waals surface area contributed by atoms with Crippen LogP contribution >= 0.6 is 11.6 Å². The number of amides is 1. The average molecular weight is 428 g/mol. The number of methoxy groups -OCH3 is 1. The van der Waals surface area contributed by atoms with Crippen LogP contribution in [0.3, 0.4) is 0 Å². The summed E-state index contributed by atoms with van der Waals surface area (Å²) in [6, 6.07) is 8.73. The summed E-state index contributed by atoms with van der Waals surface area (Å²) in [6.07, 6.45) is 3.23. The van der Waals surface area contributed by atoms with Crippen LogP contribution in [0.15, 0.2) is 42.5 Å². The van der Waals surface area contributed by atoms with E-state index in [2.05, 4.69) is 39.2 Å². The Balaban J connectivity index is 3.02. The van der Waals surface area contributed by atoms with Crippen molar-refractivity contribution < 1.29 is 18.7 Å². The van der Waals surface area contributed by atoms with Crippen LogP contribution in [0.1, 0.15) is 31.1 Å². The van der Waals surface area contributed by atoms with Gasteiger partial charge in [0.1, 0.15) is 12.9 Å². The van der Waals surface area contributed by atoms with Crippen LogP contribution in [-0.2, 0) is 13.9 Å². The van der Waals surface area contributed by atoms with Gasteiger partial charge in [-0.05, 0) is 30.3 Å². The summed E-state index contributed by atoms with van der Waals surface area (Å²) in [6.45, 7) is 11.4. The van der Waals surface area contributed by atoms with Gasteiger partial charge in [-0.1, -0.05) is 51.1 Å². The first-order chi connectivity index (χ1) is 13.1. The second-order valence-corrected chi connectivity index (χ2v) is 13.3. The van der Waals surface area contributed by atoms with E-state index >= 15 is 0 Å². The summed E-state index contributed by atoms with van der Waals surface area (Å²) >= 11 is 5.81. The van der Waals surface area contributed by atoms with Crippen molar-refractivity contribution >= 4 is 25.8 Å². The summed E-state index contributed by atoms with van der Waals surface area (Å²) in [7, 11) is -0.433. The molecule has 2 atom stereocenters. The van der Waals surface area contributed by atoms with E-state index in [0.29, 0.717) is 18.1 Å². The fourth-order valence-corrected chi connectivity index (χ4v) is 3.34. The van der Waals surface area contributed by atoms with E-state index in [1.165, 1.54) is 0 Å². The van der Waals surface area contributed by atoms with Crippen molar-refractivity contribution in [1.82, 2.24) is 5.32 Å². The van der Waals surface area contributed by atoms with Crippen LogP contribution < -0.4 is 5.32 Å². The molecule has 0 heterocycles. The molecule has 158 valence electrons. The quantitative estimate of drug-likeness (QED) is 0.243. The zero-order chi connectivity index (χ0) is 21.2. The zero-order valence-corrected chi connectivity index (χ0v) is 19.6. The summed E-state index contributed by atoms with van der Waals surface area (Å²) in [4.78, 5) is 12.7. The molecule has 0 aliphatic rings. The molecule has 0 aliphatic carbocycles. The van der Waals surface area contributed by atoms with Crippen LogP contribution in [-0.4, -0.2) is 52.8 Å². The third kappa shape index (κ3) is 8.05. The van der Waals surface area contributed by atoms with Gasteiger partial charge in [-0.15, -0.1) is 11.6 Å². The molecule has 0 unspecified atom stereocenters. The van der Waals surface area contributed by atoms with E-state index in [1.54, 1.807) is 25.3 Å². The van der Waals surface area contributed by atoms with Crippen LogP contribution in [0, 0.1) is 0 Å². The van der Waals surface area contributed by atoms with Gasteiger partial charge in [0, 0.05) is 18.6 Å². The average Bonchev–Trinajstić information content (AvgIpc) is 2.65. The summed E-state index contributed by atoms with van der Waals surface area (Å²) in [5, 5.41) is 3.12. The summed E-state index contributed by atoms with van der Waals surface area (Å²) in [5.41, 5.74) is 0.589. The molecule has 7 heteroatoms. The first-order valence-corrected chi connectivity index (χ1v) is 12.9. The van der Waals surface area contributed by atoms with Gasteiger partial charge in [-0.25, -0.2) is 0 Å².